The van der Waals surface area contributed by atoms with Gasteiger partial charge in [0.05, 0.1) is 18.1 Å². The van der Waals surface area contributed by atoms with Crippen LogP contribution in [0.3, 0.4) is 0 Å². The number of esters is 1. The summed E-state index contributed by atoms with van der Waals surface area (Å²) in [5, 5.41) is 11.3. The summed E-state index contributed by atoms with van der Waals surface area (Å²) >= 11 is 0. The second-order valence-corrected chi connectivity index (χ2v) is 6.45. The van der Waals surface area contributed by atoms with Gasteiger partial charge in [-0.2, -0.15) is 5.26 Å². The Morgan fingerprint density at radius 3 is 2.23 bits per heavy atom. The van der Waals surface area contributed by atoms with Crippen molar-refractivity contribution in [1.82, 2.24) is 0 Å². The highest BCUT2D eigenvalue weighted by molar-refractivity contribution is 5.95. The van der Waals surface area contributed by atoms with Gasteiger partial charge in [0.15, 0.2) is 6.61 Å². The van der Waals surface area contributed by atoms with Gasteiger partial charge in [-0.3, -0.25) is 4.79 Å². The molecule has 0 aliphatic heterocycles. The summed E-state index contributed by atoms with van der Waals surface area (Å²) in [4.78, 5) is 24.1. The van der Waals surface area contributed by atoms with Crippen LogP contribution in [0.1, 0.15) is 21.5 Å². The van der Waals surface area contributed by atoms with Crippen LogP contribution in [0.15, 0.2) is 78.9 Å². The molecule has 30 heavy (non-hydrogen) atoms. The predicted molar refractivity (Wildman–Crippen MR) is 112 cm³/mol. The van der Waals surface area contributed by atoms with E-state index in [0.717, 1.165) is 11.1 Å². The van der Waals surface area contributed by atoms with Gasteiger partial charge in [0, 0.05) is 5.69 Å². The Morgan fingerprint density at radius 1 is 0.867 bits per heavy atom. The average Bonchev–Trinajstić information content (AvgIpc) is 2.78. The number of hydrogen-bond donors (Lipinski definition) is 1. The van der Waals surface area contributed by atoms with Gasteiger partial charge in [-0.15, -0.1) is 0 Å². The van der Waals surface area contributed by atoms with Crippen molar-refractivity contribution in [3.05, 3.63) is 95.6 Å². The molecule has 1 amide bonds. The molecule has 0 atom stereocenters. The van der Waals surface area contributed by atoms with Gasteiger partial charge in [-0.05, 0) is 47.5 Å². The lowest BCUT2D eigenvalue weighted by atomic mass is 10.1. The fourth-order valence-corrected chi connectivity index (χ4v) is 2.64. The van der Waals surface area contributed by atoms with E-state index in [1.54, 1.807) is 48.5 Å². The highest BCUT2D eigenvalue weighted by Gasteiger charge is 2.11. The molecule has 0 heterocycles. The smallest absolute Gasteiger partial charge is 0.338 e. The molecule has 3 aromatic carbocycles. The van der Waals surface area contributed by atoms with E-state index in [1.807, 2.05) is 30.3 Å². The number of amides is 1. The molecule has 0 aliphatic carbocycles. The van der Waals surface area contributed by atoms with Crippen molar-refractivity contribution in [1.29, 1.82) is 5.26 Å². The van der Waals surface area contributed by atoms with Crippen LogP contribution in [0.2, 0.25) is 0 Å². The Balaban J connectivity index is 1.44. The number of nitriles is 1. The number of nitrogens with zero attached hydrogens (tertiary/aromatic N) is 1. The lowest BCUT2D eigenvalue weighted by Gasteiger charge is -2.08. The van der Waals surface area contributed by atoms with E-state index in [1.165, 1.54) is 0 Å². The normalized spacial score (nSPS) is 9.97. The molecule has 0 aromatic heterocycles. The Morgan fingerprint density at radius 2 is 1.57 bits per heavy atom. The van der Waals surface area contributed by atoms with Gasteiger partial charge in [0.1, 0.15) is 12.4 Å². The van der Waals surface area contributed by atoms with Crippen molar-refractivity contribution in [2.24, 2.45) is 0 Å². The minimum Gasteiger partial charge on any atom is -0.489 e. The van der Waals surface area contributed by atoms with Gasteiger partial charge in [-0.25, -0.2) is 4.79 Å². The maximum atomic E-state index is 12.1. The molecule has 150 valence electrons. The highest BCUT2D eigenvalue weighted by Crippen LogP contribution is 2.15. The molecule has 3 rings (SSSR count). The van der Waals surface area contributed by atoms with Crippen molar-refractivity contribution in [3.63, 3.8) is 0 Å². The fraction of sp³-hybridized carbons (Fsp3) is 0.125. The summed E-state index contributed by atoms with van der Waals surface area (Å²) in [6, 6.07) is 25.3. The van der Waals surface area contributed by atoms with Crippen molar-refractivity contribution in [2.45, 2.75) is 13.0 Å². The molecule has 0 saturated carbocycles. The monoisotopic (exact) mass is 400 g/mol. The second-order valence-electron chi connectivity index (χ2n) is 6.45. The van der Waals surface area contributed by atoms with Crippen LogP contribution < -0.4 is 10.1 Å². The minimum atomic E-state index is -0.593. The largest absolute Gasteiger partial charge is 0.489 e. The van der Waals surface area contributed by atoms with E-state index in [9.17, 15) is 9.59 Å². The molecule has 0 aliphatic rings. The topological polar surface area (TPSA) is 88.4 Å². The number of carbonyl (C=O) groups is 2. The number of benzene rings is 3. The van der Waals surface area contributed by atoms with E-state index < -0.39 is 18.5 Å². The first kappa shape index (κ1) is 20.6. The average molecular weight is 400 g/mol. The molecular weight excluding hydrogens is 380 g/mol. The van der Waals surface area contributed by atoms with Gasteiger partial charge < -0.3 is 14.8 Å². The van der Waals surface area contributed by atoms with Gasteiger partial charge in [0.25, 0.3) is 5.91 Å². The van der Waals surface area contributed by atoms with Gasteiger partial charge >= 0.3 is 5.97 Å². The summed E-state index contributed by atoms with van der Waals surface area (Å²) in [5.41, 5.74) is 2.80. The number of ether oxygens (including phenoxy) is 2. The van der Waals surface area contributed by atoms with Crippen LogP contribution in [-0.4, -0.2) is 18.5 Å². The molecule has 0 unspecified atom stereocenters. The Kier molecular flexibility index (Phi) is 7.17. The molecule has 0 spiro atoms. The maximum absolute atomic E-state index is 12.1. The van der Waals surface area contributed by atoms with Crippen LogP contribution in [0.5, 0.6) is 5.75 Å². The third-order valence-corrected chi connectivity index (χ3v) is 4.19. The first-order valence-corrected chi connectivity index (χ1v) is 9.34. The zero-order chi connectivity index (χ0) is 21.2. The maximum Gasteiger partial charge on any atom is 0.338 e. The first-order chi connectivity index (χ1) is 14.6. The van der Waals surface area contributed by atoms with Crippen molar-refractivity contribution < 1.29 is 19.1 Å². The van der Waals surface area contributed by atoms with Crippen LogP contribution in [0, 0.1) is 11.3 Å². The fourth-order valence-electron chi connectivity index (χ4n) is 2.64. The van der Waals surface area contributed by atoms with Crippen LogP contribution in [-0.2, 0) is 22.6 Å². The van der Waals surface area contributed by atoms with E-state index >= 15 is 0 Å². The summed E-state index contributed by atoms with van der Waals surface area (Å²) in [6.45, 7) is 0.0351. The number of carbonyl (C=O) groups excluding carboxylic acids is 2. The number of rotatable bonds is 8. The van der Waals surface area contributed by atoms with E-state index in [4.69, 9.17) is 14.7 Å². The molecule has 6 nitrogen and oxygen atoms in total. The van der Waals surface area contributed by atoms with Crippen molar-refractivity contribution >= 4 is 17.6 Å². The summed E-state index contributed by atoms with van der Waals surface area (Å²) < 4.78 is 10.7. The van der Waals surface area contributed by atoms with Crippen LogP contribution in [0.25, 0.3) is 0 Å². The van der Waals surface area contributed by atoms with E-state index in [0.29, 0.717) is 30.0 Å². The molecule has 3 aromatic rings. The number of anilines is 1. The SMILES string of the molecule is N#CCc1ccc(NC(=O)COC(=O)c2ccc(OCc3ccccc3)cc2)cc1. The third-order valence-electron chi connectivity index (χ3n) is 4.19. The molecule has 0 fully saturated rings. The minimum absolute atomic E-state index is 0.307. The van der Waals surface area contributed by atoms with Crippen LogP contribution >= 0.6 is 0 Å². The number of hydrogen-bond acceptors (Lipinski definition) is 5. The number of nitrogens with one attached hydrogen (secondary N) is 1. The van der Waals surface area contributed by atoms with Crippen molar-refractivity contribution in [3.8, 4) is 11.8 Å². The Bertz CT molecular complexity index is 1020. The van der Waals surface area contributed by atoms with Gasteiger partial charge in [-0.1, -0.05) is 42.5 Å². The third kappa shape index (κ3) is 6.21. The lowest BCUT2D eigenvalue weighted by Crippen LogP contribution is -2.20. The van der Waals surface area contributed by atoms with Crippen LogP contribution in [0.4, 0.5) is 5.69 Å². The van der Waals surface area contributed by atoms with E-state index in [2.05, 4.69) is 11.4 Å². The molecular formula is C24H20N2O4. The van der Waals surface area contributed by atoms with Crippen molar-refractivity contribution in [2.75, 3.05) is 11.9 Å². The molecule has 0 bridgehead atoms. The Labute approximate surface area is 174 Å². The molecule has 1 N–H and O–H groups in total. The molecule has 6 heteroatoms. The summed E-state index contributed by atoms with van der Waals surface area (Å²) in [5.74, 6) is -0.406. The summed E-state index contributed by atoms with van der Waals surface area (Å²) in [7, 11) is 0. The lowest BCUT2D eigenvalue weighted by molar-refractivity contribution is -0.119. The summed E-state index contributed by atoms with van der Waals surface area (Å²) in [6.07, 6.45) is 0.307. The zero-order valence-corrected chi connectivity index (χ0v) is 16.2. The van der Waals surface area contributed by atoms with E-state index in [-0.39, 0.29) is 0 Å². The molecule has 0 radical (unpaired) electrons. The zero-order valence-electron chi connectivity index (χ0n) is 16.2. The molecule has 0 saturated heterocycles. The van der Waals surface area contributed by atoms with Gasteiger partial charge in [0.2, 0.25) is 0 Å². The predicted octanol–water partition coefficient (Wildman–Crippen LogP) is 4.13. The Hall–Kier alpha value is -4.11. The second kappa shape index (κ2) is 10.4. The standard InChI is InChI=1S/C24H20N2O4/c25-15-14-18-6-10-21(11-7-18)26-23(27)17-30-24(28)20-8-12-22(13-9-20)29-16-19-4-2-1-3-5-19/h1-13H,14,16-17H2,(H,26,27). The first-order valence-electron chi connectivity index (χ1n) is 9.34. The quantitative estimate of drug-likeness (QED) is 0.575. The highest BCUT2D eigenvalue weighted by atomic mass is 16.5.